The molecule has 0 unspecified atom stereocenters. The van der Waals surface area contributed by atoms with E-state index in [0.717, 1.165) is 38.0 Å². The topological polar surface area (TPSA) is 52.8 Å². The van der Waals surface area contributed by atoms with Crippen LogP contribution in [0.1, 0.15) is 0 Å². The Hall–Kier alpha value is -2.47. The molecular weight excluding hydrogens is 284 g/mol. The van der Waals surface area contributed by atoms with Crippen molar-refractivity contribution in [2.75, 3.05) is 7.11 Å². The molecule has 0 spiro atoms. The second-order valence-corrected chi connectivity index (χ2v) is 5.72. The Balaban J connectivity index is 1.93. The predicted molar refractivity (Wildman–Crippen MR) is 83.7 cm³/mol. The van der Waals surface area contributed by atoms with Crippen LogP contribution >= 0.6 is 11.3 Å². The van der Waals surface area contributed by atoms with E-state index in [1.165, 1.54) is 0 Å². The lowest BCUT2D eigenvalue weighted by molar-refractivity contribution is 0.415. The molecule has 4 rings (SSSR count). The van der Waals surface area contributed by atoms with Gasteiger partial charge in [0.25, 0.3) is 0 Å². The van der Waals surface area contributed by atoms with Crippen molar-refractivity contribution >= 4 is 32.7 Å². The zero-order chi connectivity index (χ0) is 14.4. The normalized spacial score (nSPS) is 11.3. The molecule has 0 N–H and O–H groups in total. The fourth-order valence-electron chi connectivity index (χ4n) is 2.35. The number of hydrogen-bond donors (Lipinski definition) is 0. The van der Waals surface area contributed by atoms with Crippen LogP contribution in [0.3, 0.4) is 0 Å². The number of aryl methyl sites for hydroxylation is 1. The molecule has 104 valence electrons. The van der Waals surface area contributed by atoms with Crippen LogP contribution in [0, 0.1) is 0 Å². The van der Waals surface area contributed by atoms with Gasteiger partial charge in [-0.15, -0.1) is 11.3 Å². The van der Waals surface area contributed by atoms with Gasteiger partial charge >= 0.3 is 0 Å². The summed E-state index contributed by atoms with van der Waals surface area (Å²) in [4.78, 5) is 13.6. The first-order chi connectivity index (χ1) is 10.3. The van der Waals surface area contributed by atoms with Crippen LogP contribution < -0.4 is 4.74 Å². The van der Waals surface area contributed by atoms with Crippen LogP contribution in [-0.2, 0) is 7.05 Å². The highest BCUT2D eigenvalue weighted by atomic mass is 32.1. The maximum Gasteiger partial charge on any atom is 0.178 e. The number of imidazole rings is 1. The number of nitrogens with zero attached hydrogens (tertiary/aromatic N) is 4. The molecular formula is C15H12N4OS. The van der Waals surface area contributed by atoms with Gasteiger partial charge < -0.3 is 9.30 Å². The van der Waals surface area contributed by atoms with Gasteiger partial charge in [0.05, 0.1) is 22.8 Å². The van der Waals surface area contributed by atoms with Crippen LogP contribution in [0.5, 0.6) is 5.75 Å². The van der Waals surface area contributed by atoms with Crippen molar-refractivity contribution in [3.8, 4) is 16.6 Å². The molecule has 0 aliphatic heterocycles. The maximum absolute atomic E-state index is 5.24. The van der Waals surface area contributed by atoms with Gasteiger partial charge in [-0.05, 0) is 24.3 Å². The van der Waals surface area contributed by atoms with E-state index < -0.39 is 0 Å². The van der Waals surface area contributed by atoms with Crippen molar-refractivity contribution in [1.29, 1.82) is 0 Å². The average Bonchev–Trinajstić information content (AvgIpc) is 3.08. The van der Waals surface area contributed by atoms with Crippen LogP contribution in [0.2, 0.25) is 0 Å². The van der Waals surface area contributed by atoms with Gasteiger partial charge in [0, 0.05) is 19.3 Å². The summed E-state index contributed by atoms with van der Waals surface area (Å²) >= 11 is 1.62. The second-order valence-electron chi connectivity index (χ2n) is 4.69. The summed E-state index contributed by atoms with van der Waals surface area (Å²) in [5.74, 6) is 1.65. The summed E-state index contributed by atoms with van der Waals surface area (Å²) in [7, 11) is 3.64. The lowest BCUT2D eigenvalue weighted by Crippen LogP contribution is -1.91. The lowest BCUT2D eigenvalue weighted by atomic mass is 10.3. The molecule has 3 heterocycles. The Morgan fingerprint density at radius 1 is 1.19 bits per heavy atom. The van der Waals surface area contributed by atoms with E-state index >= 15 is 0 Å². The van der Waals surface area contributed by atoms with Crippen molar-refractivity contribution < 1.29 is 4.74 Å². The molecule has 6 heteroatoms. The fourth-order valence-corrected chi connectivity index (χ4v) is 3.32. The van der Waals surface area contributed by atoms with E-state index in [1.54, 1.807) is 24.6 Å². The first-order valence-electron chi connectivity index (χ1n) is 6.48. The number of benzene rings is 1. The summed E-state index contributed by atoms with van der Waals surface area (Å²) in [6, 6.07) is 9.83. The van der Waals surface area contributed by atoms with Crippen molar-refractivity contribution in [2.24, 2.45) is 7.05 Å². The zero-order valence-electron chi connectivity index (χ0n) is 11.6. The quantitative estimate of drug-likeness (QED) is 0.570. The van der Waals surface area contributed by atoms with Gasteiger partial charge in [-0.25, -0.2) is 15.0 Å². The maximum atomic E-state index is 5.24. The number of methoxy groups -OCH3 is 1. The Labute approximate surface area is 124 Å². The highest BCUT2D eigenvalue weighted by Crippen LogP contribution is 2.32. The van der Waals surface area contributed by atoms with Crippen molar-refractivity contribution in [3.05, 3.63) is 36.5 Å². The van der Waals surface area contributed by atoms with E-state index in [0.29, 0.717) is 0 Å². The standard InChI is InChI=1S/C15H12N4OS/c1-19-11-4-3-7-16-13(11)18-14(19)15-17-10-8-9(20-2)5-6-12(10)21-15/h3-8H,1-2H3. The molecule has 0 aliphatic rings. The summed E-state index contributed by atoms with van der Waals surface area (Å²) in [6.45, 7) is 0. The first kappa shape index (κ1) is 12.3. The second kappa shape index (κ2) is 4.53. The molecule has 5 nitrogen and oxygen atoms in total. The molecule has 0 amide bonds. The third-order valence-corrected chi connectivity index (χ3v) is 4.48. The van der Waals surface area contributed by atoms with E-state index in [2.05, 4.69) is 15.0 Å². The number of thiazole rings is 1. The van der Waals surface area contributed by atoms with Crippen molar-refractivity contribution in [1.82, 2.24) is 19.5 Å². The first-order valence-corrected chi connectivity index (χ1v) is 7.30. The SMILES string of the molecule is COc1ccc2sc(-c3nc4ncccc4n3C)nc2c1. The fraction of sp³-hybridized carbons (Fsp3) is 0.133. The van der Waals surface area contributed by atoms with Crippen molar-refractivity contribution in [3.63, 3.8) is 0 Å². The van der Waals surface area contributed by atoms with E-state index in [1.807, 2.05) is 41.9 Å². The van der Waals surface area contributed by atoms with Gasteiger partial charge in [0.1, 0.15) is 5.75 Å². The van der Waals surface area contributed by atoms with Gasteiger partial charge in [-0.1, -0.05) is 0 Å². The Bertz CT molecular complexity index is 957. The minimum Gasteiger partial charge on any atom is -0.497 e. The zero-order valence-corrected chi connectivity index (χ0v) is 12.4. The van der Waals surface area contributed by atoms with Crippen LogP contribution in [-0.4, -0.2) is 26.6 Å². The number of rotatable bonds is 2. The number of fused-ring (bicyclic) bond motifs is 2. The number of hydrogen-bond acceptors (Lipinski definition) is 5. The van der Waals surface area contributed by atoms with Gasteiger partial charge in [0.15, 0.2) is 16.5 Å². The molecule has 4 aromatic rings. The molecule has 21 heavy (non-hydrogen) atoms. The summed E-state index contributed by atoms with van der Waals surface area (Å²) in [5.41, 5.74) is 2.67. The third-order valence-electron chi connectivity index (χ3n) is 3.44. The van der Waals surface area contributed by atoms with E-state index in [9.17, 15) is 0 Å². The van der Waals surface area contributed by atoms with Crippen LogP contribution in [0.15, 0.2) is 36.5 Å². The monoisotopic (exact) mass is 296 g/mol. The molecule has 0 atom stereocenters. The molecule has 0 radical (unpaired) electrons. The Morgan fingerprint density at radius 3 is 2.90 bits per heavy atom. The van der Waals surface area contributed by atoms with Gasteiger partial charge in [0.2, 0.25) is 0 Å². The Morgan fingerprint density at radius 2 is 2.10 bits per heavy atom. The van der Waals surface area contributed by atoms with E-state index in [-0.39, 0.29) is 0 Å². The highest BCUT2D eigenvalue weighted by Gasteiger charge is 2.14. The van der Waals surface area contributed by atoms with E-state index in [4.69, 9.17) is 4.74 Å². The molecule has 0 saturated heterocycles. The lowest BCUT2D eigenvalue weighted by Gasteiger charge is -1.97. The average molecular weight is 296 g/mol. The molecule has 0 fully saturated rings. The molecule has 3 aromatic heterocycles. The predicted octanol–water partition coefficient (Wildman–Crippen LogP) is 3.25. The number of pyridine rings is 1. The summed E-state index contributed by atoms with van der Waals surface area (Å²) < 4.78 is 8.38. The molecule has 1 aromatic carbocycles. The third kappa shape index (κ3) is 1.87. The van der Waals surface area contributed by atoms with Crippen LogP contribution in [0.25, 0.3) is 32.2 Å². The minimum atomic E-state index is 0.742. The summed E-state index contributed by atoms with van der Waals surface area (Å²) in [6.07, 6.45) is 1.75. The van der Waals surface area contributed by atoms with Crippen molar-refractivity contribution in [2.45, 2.75) is 0 Å². The minimum absolute atomic E-state index is 0.742. The highest BCUT2D eigenvalue weighted by molar-refractivity contribution is 7.21. The van der Waals surface area contributed by atoms with Gasteiger partial charge in [-0.2, -0.15) is 0 Å². The Kier molecular flexibility index (Phi) is 2.65. The smallest absolute Gasteiger partial charge is 0.178 e. The van der Waals surface area contributed by atoms with Gasteiger partial charge in [-0.3, -0.25) is 0 Å². The van der Waals surface area contributed by atoms with Crippen LogP contribution in [0.4, 0.5) is 0 Å². The summed E-state index contributed by atoms with van der Waals surface area (Å²) in [5, 5.41) is 0.888. The molecule has 0 bridgehead atoms. The molecule has 0 aliphatic carbocycles. The largest absolute Gasteiger partial charge is 0.497 e. The number of ether oxygens (including phenoxy) is 1. The molecule has 0 saturated carbocycles. The number of aromatic nitrogens is 4.